The van der Waals surface area contributed by atoms with Gasteiger partial charge < -0.3 is 10.7 Å². The third kappa shape index (κ3) is 2.45. The molecule has 0 aliphatic heterocycles. The largest absolute Gasteiger partial charge is 0.342 e. The van der Waals surface area contributed by atoms with E-state index in [4.69, 9.17) is 5.73 Å². The molecule has 1 aromatic carbocycles. The fourth-order valence-corrected chi connectivity index (χ4v) is 2.00. The van der Waals surface area contributed by atoms with E-state index in [9.17, 15) is 0 Å². The van der Waals surface area contributed by atoms with Gasteiger partial charge in [-0.15, -0.1) is 5.10 Å². The van der Waals surface area contributed by atoms with Crippen LogP contribution in [0.4, 0.5) is 0 Å². The predicted molar refractivity (Wildman–Crippen MR) is 70.4 cm³/mol. The molecule has 3 N–H and O–H groups in total. The summed E-state index contributed by atoms with van der Waals surface area (Å²) in [6.45, 7) is 1.36. The Morgan fingerprint density at radius 1 is 1.26 bits per heavy atom. The van der Waals surface area contributed by atoms with Crippen molar-refractivity contribution in [3.63, 3.8) is 0 Å². The second kappa shape index (κ2) is 5.15. The van der Waals surface area contributed by atoms with E-state index >= 15 is 0 Å². The second-order valence-electron chi connectivity index (χ2n) is 4.34. The summed E-state index contributed by atoms with van der Waals surface area (Å²) < 4.78 is 1.78. The van der Waals surface area contributed by atoms with Crippen LogP contribution in [0.2, 0.25) is 0 Å². The van der Waals surface area contributed by atoms with Crippen LogP contribution in [0.1, 0.15) is 18.1 Å². The maximum absolute atomic E-state index is 5.50. The Labute approximate surface area is 109 Å². The summed E-state index contributed by atoms with van der Waals surface area (Å²) >= 11 is 0. The topological polar surface area (TPSA) is 98.3 Å². The van der Waals surface area contributed by atoms with Gasteiger partial charge in [-0.05, 0) is 35.5 Å². The van der Waals surface area contributed by atoms with Gasteiger partial charge in [-0.1, -0.05) is 12.1 Å². The van der Waals surface area contributed by atoms with E-state index < -0.39 is 0 Å². The average Bonchev–Trinajstić information content (AvgIpc) is 3.02. The van der Waals surface area contributed by atoms with Crippen molar-refractivity contribution in [3.8, 4) is 0 Å². The van der Waals surface area contributed by atoms with Crippen LogP contribution in [0.15, 0.2) is 24.3 Å². The molecule has 0 amide bonds. The van der Waals surface area contributed by atoms with Gasteiger partial charge in [-0.2, -0.15) is 0 Å². The number of hydrogen-bond acceptors (Lipinski definition) is 5. The van der Waals surface area contributed by atoms with Crippen molar-refractivity contribution in [2.75, 3.05) is 6.54 Å². The van der Waals surface area contributed by atoms with Gasteiger partial charge in [0.15, 0.2) is 5.82 Å². The molecule has 7 nitrogen and oxygen atoms in total. The van der Waals surface area contributed by atoms with Crippen molar-refractivity contribution in [3.05, 3.63) is 35.9 Å². The molecule has 0 radical (unpaired) electrons. The van der Waals surface area contributed by atoms with Crippen LogP contribution in [0.5, 0.6) is 0 Å². The minimum Gasteiger partial charge on any atom is -0.342 e. The molecule has 0 fully saturated rings. The molecule has 0 saturated carbocycles. The van der Waals surface area contributed by atoms with Crippen molar-refractivity contribution in [1.29, 1.82) is 0 Å². The Bertz CT molecular complexity index is 636. The number of aryl methyl sites for hydroxylation is 1. The molecule has 0 spiro atoms. The van der Waals surface area contributed by atoms with Gasteiger partial charge in [0.2, 0.25) is 0 Å². The average molecular weight is 257 g/mol. The van der Waals surface area contributed by atoms with Gasteiger partial charge in [0.25, 0.3) is 0 Å². The number of rotatable bonds is 5. The third-order valence-corrected chi connectivity index (χ3v) is 2.94. The van der Waals surface area contributed by atoms with Crippen molar-refractivity contribution in [1.82, 2.24) is 30.2 Å². The lowest BCUT2D eigenvalue weighted by Crippen LogP contribution is -2.11. The first-order valence-corrected chi connectivity index (χ1v) is 6.25. The predicted octanol–water partition coefficient (Wildman–Crippen LogP) is 0.489. The van der Waals surface area contributed by atoms with Gasteiger partial charge in [0.05, 0.1) is 17.5 Å². The third-order valence-electron chi connectivity index (χ3n) is 2.94. The van der Waals surface area contributed by atoms with Crippen LogP contribution in [0, 0.1) is 0 Å². The molecule has 2 aromatic heterocycles. The van der Waals surface area contributed by atoms with E-state index in [0.717, 1.165) is 35.6 Å². The first-order chi connectivity index (χ1) is 9.36. The van der Waals surface area contributed by atoms with E-state index in [0.29, 0.717) is 13.0 Å². The van der Waals surface area contributed by atoms with Gasteiger partial charge >= 0.3 is 0 Å². The van der Waals surface area contributed by atoms with Crippen LogP contribution in [-0.2, 0) is 13.0 Å². The summed E-state index contributed by atoms with van der Waals surface area (Å²) in [5.74, 6) is 1.66. The normalized spacial score (nSPS) is 11.2. The summed E-state index contributed by atoms with van der Waals surface area (Å²) in [5.41, 5.74) is 7.48. The number of aromatic amines is 1. The minimum atomic E-state index is 0.590. The highest BCUT2D eigenvalue weighted by Crippen LogP contribution is 2.12. The number of nitrogens with two attached hydrogens (primary N) is 1. The number of fused-ring (bicyclic) bond motifs is 1. The minimum absolute atomic E-state index is 0.590. The molecular weight excluding hydrogens is 242 g/mol. The summed E-state index contributed by atoms with van der Waals surface area (Å²) in [7, 11) is 0. The van der Waals surface area contributed by atoms with Crippen molar-refractivity contribution < 1.29 is 0 Å². The highest BCUT2D eigenvalue weighted by atomic mass is 15.5. The smallest absolute Gasteiger partial charge is 0.158 e. The fourth-order valence-electron chi connectivity index (χ4n) is 2.00. The molecule has 0 aliphatic carbocycles. The zero-order chi connectivity index (χ0) is 13.1. The number of imidazole rings is 1. The zero-order valence-electron chi connectivity index (χ0n) is 10.5. The van der Waals surface area contributed by atoms with E-state index in [1.807, 2.05) is 24.3 Å². The molecule has 98 valence electrons. The van der Waals surface area contributed by atoms with Gasteiger partial charge in [-0.25, -0.2) is 9.67 Å². The van der Waals surface area contributed by atoms with Gasteiger partial charge in [0, 0.05) is 6.54 Å². The summed E-state index contributed by atoms with van der Waals surface area (Å²) in [5, 5.41) is 11.7. The molecule has 3 aromatic rings. The van der Waals surface area contributed by atoms with Crippen molar-refractivity contribution in [2.24, 2.45) is 5.73 Å². The van der Waals surface area contributed by atoms with Crippen LogP contribution in [0.3, 0.4) is 0 Å². The standard InChI is InChI=1S/C12H15N7/c13-6-3-7-19-12(16-17-18-19)8-11-14-9-4-1-2-5-10(9)15-11/h1-2,4-5H,3,6-8,13H2,(H,14,15). The number of tetrazole rings is 1. The van der Waals surface area contributed by atoms with E-state index in [1.165, 1.54) is 0 Å². The van der Waals surface area contributed by atoms with Gasteiger partial charge in [0.1, 0.15) is 5.82 Å². The molecule has 0 bridgehead atoms. The maximum Gasteiger partial charge on any atom is 0.158 e. The zero-order valence-corrected chi connectivity index (χ0v) is 10.5. The lowest BCUT2D eigenvalue weighted by molar-refractivity contribution is 0.545. The molecule has 0 saturated heterocycles. The molecule has 7 heteroatoms. The fraction of sp³-hybridized carbons (Fsp3) is 0.333. The molecule has 0 aliphatic rings. The van der Waals surface area contributed by atoms with Crippen LogP contribution in [-0.4, -0.2) is 36.7 Å². The molecular formula is C12H15N7. The Morgan fingerprint density at radius 2 is 2.16 bits per heavy atom. The van der Waals surface area contributed by atoms with Gasteiger partial charge in [-0.3, -0.25) is 0 Å². The highest BCUT2D eigenvalue weighted by Gasteiger charge is 2.09. The Balaban J connectivity index is 1.82. The first kappa shape index (κ1) is 11.8. The number of aromatic nitrogens is 6. The monoisotopic (exact) mass is 257 g/mol. The number of para-hydroxylation sites is 2. The number of hydrogen-bond donors (Lipinski definition) is 2. The van der Waals surface area contributed by atoms with Crippen molar-refractivity contribution >= 4 is 11.0 Å². The number of nitrogens with one attached hydrogen (secondary N) is 1. The SMILES string of the molecule is NCCCn1nnnc1Cc1nc2ccccc2[nH]1. The summed E-state index contributed by atoms with van der Waals surface area (Å²) in [4.78, 5) is 7.79. The number of nitrogens with zero attached hydrogens (tertiary/aromatic N) is 5. The first-order valence-electron chi connectivity index (χ1n) is 6.25. The van der Waals surface area contributed by atoms with Crippen LogP contribution < -0.4 is 5.73 Å². The second-order valence-corrected chi connectivity index (χ2v) is 4.34. The molecule has 19 heavy (non-hydrogen) atoms. The molecule has 0 atom stereocenters. The number of H-pyrrole nitrogens is 1. The lowest BCUT2D eigenvalue weighted by Gasteiger charge is -2.01. The highest BCUT2D eigenvalue weighted by molar-refractivity contribution is 5.74. The number of benzene rings is 1. The Morgan fingerprint density at radius 3 is 3.00 bits per heavy atom. The van der Waals surface area contributed by atoms with Crippen LogP contribution in [0.25, 0.3) is 11.0 Å². The van der Waals surface area contributed by atoms with Crippen molar-refractivity contribution in [2.45, 2.75) is 19.4 Å². The lowest BCUT2D eigenvalue weighted by atomic mass is 10.3. The molecule has 3 rings (SSSR count). The maximum atomic E-state index is 5.50. The Kier molecular flexibility index (Phi) is 3.20. The molecule has 0 unspecified atom stereocenters. The molecule has 2 heterocycles. The quantitative estimate of drug-likeness (QED) is 0.693. The summed E-state index contributed by atoms with van der Waals surface area (Å²) in [6.07, 6.45) is 1.45. The van der Waals surface area contributed by atoms with E-state index in [-0.39, 0.29) is 0 Å². The Hall–Kier alpha value is -2.28. The van der Waals surface area contributed by atoms with E-state index in [2.05, 4.69) is 25.5 Å². The van der Waals surface area contributed by atoms with E-state index in [1.54, 1.807) is 4.68 Å². The van der Waals surface area contributed by atoms with Crippen LogP contribution >= 0.6 is 0 Å². The summed E-state index contributed by atoms with van der Waals surface area (Å²) in [6, 6.07) is 7.93.